The van der Waals surface area contributed by atoms with E-state index in [4.69, 9.17) is 16.3 Å². The van der Waals surface area contributed by atoms with Gasteiger partial charge in [-0.3, -0.25) is 9.69 Å². The lowest BCUT2D eigenvalue weighted by Gasteiger charge is -2.27. The van der Waals surface area contributed by atoms with E-state index in [2.05, 4.69) is 5.32 Å². The van der Waals surface area contributed by atoms with Crippen LogP contribution in [0.1, 0.15) is 31.7 Å². The van der Waals surface area contributed by atoms with Crippen molar-refractivity contribution in [3.63, 3.8) is 0 Å². The van der Waals surface area contributed by atoms with Gasteiger partial charge < -0.3 is 10.1 Å². The molecule has 2 aromatic rings. The quantitative estimate of drug-likeness (QED) is 0.541. The fourth-order valence-corrected chi connectivity index (χ4v) is 3.51. The van der Waals surface area contributed by atoms with Gasteiger partial charge in [0.1, 0.15) is 11.3 Å². The van der Waals surface area contributed by atoms with Gasteiger partial charge >= 0.3 is 6.03 Å². The number of nitrogens with zero attached hydrogens (tertiary/aromatic N) is 1. The number of amides is 3. The van der Waals surface area contributed by atoms with E-state index in [-0.39, 0.29) is 11.9 Å². The molecule has 1 aliphatic heterocycles. The monoisotopic (exact) mass is 386 g/mol. The van der Waals surface area contributed by atoms with Gasteiger partial charge in [0, 0.05) is 11.6 Å². The molecule has 1 fully saturated rings. The Morgan fingerprint density at radius 2 is 1.78 bits per heavy atom. The van der Waals surface area contributed by atoms with Gasteiger partial charge in [0.25, 0.3) is 5.91 Å². The van der Waals surface area contributed by atoms with E-state index in [0.29, 0.717) is 36.8 Å². The first-order valence-electron chi connectivity index (χ1n) is 9.15. The summed E-state index contributed by atoms with van der Waals surface area (Å²) in [6, 6.07) is 16.2. The fraction of sp³-hybridized carbons (Fsp3) is 0.333. The topological polar surface area (TPSA) is 58.6 Å². The lowest BCUT2D eigenvalue weighted by molar-refractivity contribution is -0.132. The minimum absolute atomic E-state index is 0.188. The van der Waals surface area contributed by atoms with E-state index in [9.17, 15) is 9.59 Å². The summed E-state index contributed by atoms with van der Waals surface area (Å²) in [5.74, 6) is 0.522. The first kappa shape index (κ1) is 19.2. The van der Waals surface area contributed by atoms with Crippen LogP contribution < -0.4 is 10.1 Å². The smallest absolute Gasteiger partial charge is 0.325 e. The number of nitrogens with one attached hydrogen (secondary N) is 1. The van der Waals surface area contributed by atoms with Gasteiger partial charge in [-0.2, -0.15) is 0 Å². The minimum Gasteiger partial charge on any atom is -0.494 e. The van der Waals surface area contributed by atoms with Crippen LogP contribution in [0, 0.1) is 0 Å². The molecule has 0 radical (unpaired) electrons. The molecule has 0 aliphatic carbocycles. The SMILES string of the molecule is CCC[C@@]1(c2ccccc2)NC(=O)N(CCCOc2ccc(Cl)cc2)C1=O. The van der Waals surface area contributed by atoms with Crippen LogP contribution in [0.3, 0.4) is 0 Å². The van der Waals surface area contributed by atoms with Gasteiger partial charge in [-0.05, 0) is 42.7 Å². The molecule has 27 heavy (non-hydrogen) atoms. The Kier molecular flexibility index (Phi) is 6.01. The van der Waals surface area contributed by atoms with Crippen molar-refractivity contribution >= 4 is 23.5 Å². The van der Waals surface area contributed by atoms with E-state index in [0.717, 1.165) is 12.0 Å². The van der Waals surface area contributed by atoms with Crippen molar-refractivity contribution in [2.45, 2.75) is 31.7 Å². The van der Waals surface area contributed by atoms with Crippen LogP contribution >= 0.6 is 11.6 Å². The molecular weight excluding hydrogens is 364 g/mol. The number of ether oxygens (including phenoxy) is 1. The Balaban J connectivity index is 1.63. The zero-order valence-corrected chi connectivity index (χ0v) is 16.0. The van der Waals surface area contributed by atoms with Gasteiger partial charge in [-0.1, -0.05) is 55.3 Å². The maximum atomic E-state index is 13.1. The van der Waals surface area contributed by atoms with Crippen molar-refractivity contribution in [1.82, 2.24) is 10.2 Å². The van der Waals surface area contributed by atoms with E-state index < -0.39 is 5.54 Å². The predicted octanol–water partition coefficient (Wildman–Crippen LogP) is 4.36. The highest BCUT2D eigenvalue weighted by Gasteiger charge is 2.51. The molecule has 3 amide bonds. The molecule has 3 rings (SSSR count). The Labute approximate surface area is 164 Å². The zero-order valence-electron chi connectivity index (χ0n) is 15.3. The van der Waals surface area contributed by atoms with Crippen LogP contribution in [0.5, 0.6) is 5.75 Å². The van der Waals surface area contributed by atoms with E-state index in [1.807, 2.05) is 37.3 Å². The second-order valence-corrected chi connectivity index (χ2v) is 7.00. The van der Waals surface area contributed by atoms with Gasteiger partial charge in [0.05, 0.1) is 6.61 Å². The van der Waals surface area contributed by atoms with E-state index >= 15 is 0 Å². The number of urea groups is 1. The molecule has 1 aliphatic rings. The lowest BCUT2D eigenvalue weighted by atomic mass is 9.85. The van der Waals surface area contributed by atoms with Crippen molar-refractivity contribution in [1.29, 1.82) is 0 Å². The average Bonchev–Trinajstić information content (AvgIpc) is 2.92. The third kappa shape index (κ3) is 4.08. The van der Waals surface area contributed by atoms with Crippen molar-refractivity contribution < 1.29 is 14.3 Å². The molecule has 1 atom stereocenters. The molecule has 5 nitrogen and oxygen atoms in total. The van der Waals surface area contributed by atoms with E-state index in [1.165, 1.54) is 4.90 Å². The van der Waals surface area contributed by atoms with Crippen molar-refractivity contribution in [2.75, 3.05) is 13.2 Å². The molecule has 0 saturated carbocycles. The number of hydrogen-bond donors (Lipinski definition) is 1. The molecular formula is C21H23ClN2O3. The first-order chi connectivity index (χ1) is 13.1. The van der Waals surface area contributed by atoms with Crippen LogP contribution in [0.2, 0.25) is 5.02 Å². The van der Waals surface area contributed by atoms with Gasteiger partial charge in [-0.15, -0.1) is 0 Å². The van der Waals surface area contributed by atoms with Crippen LogP contribution in [-0.4, -0.2) is 30.0 Å². The van der Waals surface area contributed by atoms with Crippen LogP contribution in [0.4, 0.5) is 4.79 Å². The summed E-state index contributed by atoms with van der Waals surface area (Å²) in [5.41, 5.74) is -0.144. The molecule has 0 unspecified atom stereocenters. The molecule has 0 spiro atoms. The maximum absolute atomic E-state index is 13.1. The van der Waals surface area contributed by atoms with Crippen LogP contribution in [0.15, 0.2) is 54.6 Å². The largest absolute Gasteiger partial charge is 0.494 e. The van der Waals surface area contributed by atoms with Crippen molar-refractivity contribution in [3.05, 3.63) is 65.2 Å². The normalized spacial score (nSPS) is 19.3. The van der Waals surface area contributed by atoms with Gasteiger partial charge in [0.15, 0.2) is 0 Å². The third-order valence-electron chi connectivity index (χ3n) is 4.68. The highest BCUT2D eigenvalue weighted by molar-refractivity contribution is 6.30. The summed E-state index contributed by atoms with van der Waals surface area (Å²) in [6.07, 6.45) is 1.91. The number of halogens is 1. The number of carbonyl (C=O) groups excluding carboxylic acids is 2. The highest BCUT2D eigenvalue weighted by atomic mass is 35.5. The Hall–Kier alpha value is -2.53. The summed E-state index contributed by atoms with van der Waals surface area (Å²) in [4.78, 5) is 26.9. The zero-order chi connectivity index (χ0) is 19.3. The standard InChI is InChI=1S/C21H23ClN2O3/c1-2-13-21(16-7-4-3-5-8-16)19(25)24(20(26)23-21)14-6-15-27-18-11-9-17(22)10-12-18/h3-5,7-12H,2,6,13-15H2,1H3,(H,23,26)/t21-/m0/s1. The molecule has 6 heteroatoms. The first-order valence-corrected chi connectivity index (χ1v) is 9.52. The fourth-order valence-electron chi connectivity index (χ4n) is 3.38. The van der Waals surface area contributed by atoms with E-state index in [1.54, 1.807) is 24.3 Å². The lowest BCUT2D eigenvalue weighted by Crippen LogP contribution is -2.44. The van der Waals surface area contributed by atoms with Crippen LogP contribution in [0.25, 0.3) is 0 Å². The molecule has 1 heterocycles. The minimum atomic E-state index is -0.968. The second-order valence-electron chi connectivity index (χ2n) is 6.56. The second kappa shape index (κ2) is 8.44. The molecule has 2 aromatic carbocycles. The molecule has 142 valence electrons. The summed E-state index contributed by atoms with van der Waals surface area (Å²) >= 11 is 5.85. The predicted molar refractivity (Wildman–Crippen MR) is 105 cm³/mol. The highest BCUT2D eigenvalue weighted by Crippen LogP contribution is 2.33. The van der Waals surface area contributed by atoms with Gasteiger partial charge in [-0.25, -0.2) is 4.79 Å². The summed E-state index contributed by atoms with van der Waals surface area (Å²) < 4.78 is 5.65. The molecule has 1 N–H and O–H groups in total. The molecule has 0 bridgehead atoms. The summed E-state index contributed by atoms with van der Waals surface area (Å²) in [7, 11) is 0. The third-order valence-corrected chi connectivity index (χ3v) is 4.93. The van der Waals surface area contributed by atoms with Crippen molar-refractivity contribution in [3.8, 4) is 5.75 Å². The number of benzene rings is 2. The van der Waals surface area contributed by atoms with Crippen molar-refractivity contribution in [2.24, 2.45) is 0 Å². The van der Waals surface area contributed by atoms with Crippen LogP contribution in [-0.2, 0) is 10.3 Å². The number of carbonyl (C=O) groups is 2. The molecule has 1 saturated heterocycles. The number of imide groups is 1. The average molecular weight is 387 g/mol. The summed E-state index contributed by atoms with van der Waals surface area (Å²) in [5, 5.41) is 3.58. The molecule has 0 aromatic heterocycles. The number of rotatable bonds is 8. The maximum Gasteiger partial charge on any atom is 0.325 e. The Morgan fingerprint density at radius 3 is 2.44 bits per heavy atom. The van der Waals surface area contributed by atoms with Gasteiger partial charge in [0.2, 0.25) is 0 Å². The number of hydrogen-bond acceptors (Lipinski definition) is 3. The Bertz CT molecular complexity index is 795. The Morgan fingerprint density at radius 1 is 1.07 bits per heavy atom. The summed E-state index contributed by atoms with van der Waals surface area (Å²) in [6.45, 7) is 2.73.